The Morgan fingerprint density at radius 3 is 2.44 bits per heavy atom. The second-order valence-corrected chi connectivity index (χ2v) is 5.04. The summed E-state index contributed by atoms with van der Waals surface area (Å²) in [6, 6.07) is 3.35. The van der Waals surface area contributed by atoms with Crippen LogP contribution in [-0.2, 0) is 4.79 Å². The minimum atomic E-state index is -0.119. The maximum Gasteiger partial charge on any atom is 0.289 e. The second kappa shape index (κ2) is 5.56. The van der Waals surface area contributed by atoms with E-state index in [0.717, 1.165) is 6.42 Å². The Morgan fingerprint density at radius 2 is 1.83 bits per heavy atom. The van der Waals surface area contributed by atoms with Gasteiger partial charge in [-0.3, -0.25) is 9.59 Å². The van der Waals surface area contributed by atoms with Crippen LogP contribution in [0.2, 0.25) is 0 Å². The Hall–Kier alpha value is -1.30. The molecule has 1 aliphatic rings. The van der Waals surface area contributed by atoms with E-state index in [4.69, 9.17) is 4.42 Å². The molecule has 0 N–H and O–H groups in total. The van der Waals surface area contributed by atoms with E-state index in [0.29, 0.717) is 36.6 Å². The third kappa shape index (κ3) is 2.93. The number of halogens is 1. The highest BCUT2D eigenvalue weighted by Crippen LogP contribution is 2.16. The van der Waals surface area contributed by atoms with Crippen LogP contribution in [0.4, 0.5) is 0 Å². The molecule has 98 valence electrons. The average molecular weight is 315 g/mol. The van der Waals surface area contributed by atoms with Crippen LogP contribution in [0.3, 0.4) is 0 Å². The maximum absolute atomic E-state index is 12.2. The molecule has 0 bridgehead atoms. The number of hydrogen-bond donors (Lipinski definition) is 0. The summed E-state index contributed by atoms with van der Waals surface area (Å²) in [4.78, 5) is 26.9. The van der Waals surface area contributed by atoms with Crippen LogP contribution in [0.1, 0.15) is 23.9 Å². The molecule has 6 heteroatoms. The van der Waals surface area contributed by atoms with Gasteiger partial charge < -0.3 is 14.2 Å². The van der Waals surface area contributed by atoms with Crippen LogP contribution in [0, 0.1) is 0 Å². The Balaban J connectivity index is 2.02. The van der Waals surface area contributed by atoms with E-state index in [1.54, 1.807) is 28.9 Å². The van der Waals surface area contributed by atoms with Crippen molar-refractivity contribution in [3.63, 3.8) is 0 Å². The zero-order valence-corrected chi connectivity index (χ0v) is 11.8. The van der Waals surface area contributed by atoms with Crippen molar-refractivity contribution in [2.45, 2.75) is 13.3 Å². The van der Waals surface area contributed by atoms with Gasteiger partial charge in [0, 0.05) is 33.1 Å². The normalized spacial score (nSPS) is 16.6. The van der Waals surface area contributed by atoms with Crippen LogP contribution >= 0.6 is 15.9 Å². The number of carbonyl (C=O) groups excluding carboxylic acids is 2. The van der Waals surface area contributed by atoms with Gasteiger partial charge in [-0.25, -0.2) is 0 Å². The Labute approximate surface area is 114 Å². The summed E-state index contributed by atoms with van der Waals surface area (Å²) in [5.41, 5.74) is 0. The lowest BCUT2D eigenvalue weighted by Crippen LogP contribution is -2.36. The fraction of sp³-hybridized carbons (Fsp3) is 0.500. The standard InChI is InChI=1S/C12H15BrN2O3/c1-9(16)14-5-2-6-15(8-7-14)12(17)10-3-4-11(13)18-10/h3-4H,2,5-8H2,1H3. The summed E-state index contributed by atoms with van der Waals surface area (Å²) in [6.45, 7) is 4.06. The van der Waals surface area contributed by atoms with Crippen molar-refractivity contribution < 1.29 is 14.0 Å². The summed E-state index contributed by atoms with van der Waals surface area (Å²) in [5, 5.41) is 0. The smallest absolute Gasteiger partial charge is 0.289 e. The Kier molecular flexibility index (Phi) is 4.06. The van der Waals surface area contributed by atoms with Crippen LogP contribution in [-0.4, -0.2) is 47.8 Å². The van der Waals surface area contributed by atoms with Crippen LogP contribution < -0.4 is 0 Å². The predicted octanol–water partition coefficient (Wildman–Crippen LogP) is 1.74. The molecule has 0 spiro atoms. The number of hydrogen-bond acceptors (Lipinski definition) is 3. The maximum atomic E-state index is 12.2. The van der Waals surface area contributed by atoms with Gasteiger partial charge in [-0.05, 0) is 34.5 Å². The van der Waals surface area contributed by atoms with Gasteiger partial charge in [-0.1, -0.05) is 0 Å². The molecular weight excluding hydrogens is 300 g/mol. The summed E-state index contributed by atoms with van der Waals surface area (Å²) in [7, 11) is 0. The second-order valence-electron chi connectivity index (χ2n) is 4.26. The summed E-state index contributed by atoms with van der Waals surface area (Å²) in [6.07, 6.45) is 0.799. The molecule has 2 heterocycles. The van der Waals surface area contributed by atoms with Crippen molar-refractivity contribution >= 4 is 27.7 Å². The quantitative estimate of drug-likeness (QED) is 0.793. The minimum Gasteiger partial charge on any atom is -0.444 e. The molecule has 0 atom stereocenters. The van der Waals surface area contributed by atoms with Crippen LogP contribution in [0.25, 0.3) is 0 Å². The fourth-order valence-corrected chi connectivity index (χ4v) is 2.33. The number of rotatable bonds is 1. The van der Waals surface area contributed by atoms with Gasteiger partial charge in [0.15, 0.2) is 10.4 Å². The van der Waals surface area contributed by atoms with E-state index in [1.165, 1.54) is 0 Å². The lowest BCUT2D eigenvalue weighted by atomic mass is 10.3. The number of furan rings is 1. The van der Waals surface area contributed by atoms with Crippen molar-refractivity contribution in [3.8, 4) is 0 Å². The molecule has 18 heavy (non-hydrogen) atoms. The van der Waals surface area contributed by atoms with Gasteiger partial charge in [-0.15, -0.1) is 0 Å². The van der Waals surface area contributed by atoms with Crippen molar-refractivity contribution in [3.05, 3.63) is 22.6 Å². The van der Waals surface area contributed by atoms with Crippen molar-refractivity contribution in [1.29, 1.82) is 0 Å². The molecule has 1 aromatic heterocycles. The zero-order chi connectivity index (χ0) is 13.1. The van der Waals surface area contributed by atoms with Gasteiger partial charge >= 0.3 is 0 Å². The highest BCUT2D eigenvalue weighted by molar-refractivity contribution is 9.10. The first kappa shape index (κ1) is 13.1. The molecular formula is C12H15BrN2O3. The zero-order valence-electron chi connectivity index (χ0n) is 10.2. The molecule has 0 saturated carbocycles. The number of nitrogens with zero attached hydrogens (tertiary/aromatic N) is 2. The highest BCUT2D eigenvalue weighted by atomic mass is 79.9. The van der Waals surface area contributed by atoms with E-state index in [9.17, 15) is 9.59 Å². The Morgan fingerprint density at radius 1 is 1.17 bits per heavy atom. The third-order valence-corrected chi connectivity index (χ3v) is 3.44. The molecule has 1 fully saturated rings. The summed E-state index contributed by atoms with van der Waals surface area (Å²) < 4.78 is 5.81. The molecule has 2 rings (SSSR count). The molecule has 0 radical (unpaired) electrons. The molecule has 0 aromatic carbocycles. The lowest BCUT2D eigenvalue weighted by molar-refractivity contribution is -0.128. The topological polar surface area (TPSA) is 53.8 Å². The van der Waals surface area contributed by atoms with Gasteiger partial charge in [0.2, 0.25) is 5.91 Å². The lowest BCUT2D eigenvalue weighted by Gasteiger charge is -2.20. The van der Waals surface area contributed by atoms with E-state index in [2.05, 4.69) is 15.9 Å². The summed E-state index contributed by atoms with van der Waals surface area (Å²) in [5.74, 6) is 0.272. The van der Waals surface area contributed by atoms with Gasteiger partial charge in [0.05, 0.1) is 0 Å². The first-order chi connectivity index (χ1) is 8.58. The molecule has 0 unspecified atom stereocenters. The van der Waals surface area contributed by atoms with E-state index in [1.807, 2.05) is 0 Å². The largest absolute Gasteiger partial charge is 0.444 e. The first-order valence-electron chi connectivity index (χ1n) is 5.88. The molecule has 0 aliphatic carbocycles. The van der Waals surface area contributed by atoms with Gasteiger partial charge in [0.1, 0.15) is 0 Å². The molecule has 2 amide bonds. The average Bonchev–Trinajstić information content (AvgIpc) is 2.63. The fourth-order valence-electron chi connectivity index (χ4n) is 2.02. The van der Waals surface area contributed by atoms with E-state index < -0.39 is 0 Å². The van der Waals surface area contributed by atoms with Crippen molar-refractivity contribution in [2.24, 2.45) is 0 Å². The molecule has 1 aromatic rings. The monoisotopic (exact) mass is 314 g/mol. The molecule has 1 aliphatic heterocycles. The predicted molar refractivity (Wildman–Crippen MR) is 69.2 cm³/mol. The number of carbonyl (C=O) groups is 2. The van der Waals surface area contributed by atoms with Crippen LogP contribution in [0.5, 0.6) is 0 Å². The van der Waals surface area contributed by atoms with Crippen molar-refractivity contribution in [1.82, 2.24) is 9.80 Å². The van der Waals surface area contributed by atoms with E-state index in [-0.39, 0.29) is 11.8 Å². The minimum absolute atomic E-state index is 0.0602. The molecule has 1 saturated heterocycles. The molecule has 5 nitrogen and oxygen atoms in total. The number of amides is 2. The highest BCUT2D eigenvalue weighted by Gasteiger charge is 2.23. The first-order valence-corrected chi connectivity index (χ1v) is 6.67. The van der Waals surface area contributed by atoms with E-state index >= 15 is 0 Å². The SMILES string of the molecule is CC(=O)N1CCCN(C(=O)c2ccc(Br)o2)CC1. The van der Waals surface area contributed by atoms with Gasteiger partial charge in [0.25, 0.3) is 5.91 Å². The van der Waals surface area contributed by atoms with Crippen molar-refractivity contribution in [2.75, 3.05) is 26.2 Å². The summed E-state index contributed by atoms with van der Waals surface area (Å²) >= 11 is 3.18. The van der Waals surface area contributed by atoms with Crippen LogP contribution in [0.15, 0.2) is 21.2 Å². The van der Waals surface area contributed by atoms with Gasteiger partial charge in [-0.2, -0.15) is 0 Å². The Bertz CT molecular complexity index is 458. The third-order valence-electron chi connectivity index (χ3n) is 3.01.